The first-order chi connectivity index (χ1) is 11.6. The zero-order valence-corrected chi connectivity index (χ0v) is 13.8. The van der Waals surface area contributed by atoms with E-state index in [0.29, 0.717) is 24.9 Å². The molecule has 0 aromatic carbocycles. The van der Waals surface area contributed by atoms with Crippen molar-refractivity contribution in [3.05, 3.63) is 0 Å². The molecular weight excluding hydrogens is 312 g/mol. The highest BCUT2D eigenvalue weighted by Crippen LogP contribution is 2.39. The van der Waals surface area contributed by atoms with E-state index < -0.39 is 18.3 Å². The molecule has 4 fully saturated rings. The van der Waals surface area contributed by atoms with Crippen molar-refractivity contribution in [3.63, 3.8) is 0 Å². The topological polar surface area (TPSA) is 76.1 Å². The number of carbonyl (C=O) groups excluding carboxylic acids is 3. The molecule has 4 aliphatic rings. The van der Waals surface area contributed by atoms with Crippen LogP contribution in [0.15, 0.2) is 0 Å². The van der Waals surface area contributed by atoms with Crippen LogP contribution in [0.5, 0.6) is 0 Å². The van der Waals surface area contributed by atoms with Gasteiger partial charge in [0, 0.05) is 25.2 Å². The lowest BCUT2D eigenvalue weighted by molar-refractivity contribution is 0.0598. The van der Waals surface area contributed by atoms with Crippen molar-refractivity contribution >= 4 is 18.3 Å². The van der Waals surface area contributed by atoms with E-state index in [-0.39, 0.29) is 12.1 Å². The van der Waals surface area contributed by atoms with Crippen molar-refractivity contribution < 1.29 is 23.9 Å². The van der Waals surface area contributed by atoms with E-state index in [1.807, 2.05) is 0 Å². The summed E-state index contributed by atoms with van der Waals surface area (Å²) in [6.45, 7) is 1.23. The number of likely N-dealkylation sites (tertiary alicyclic amines) is 2. The first kappa shape index (κ1) is 15.7. The monoisotopic (exact) mass is 336 g/mol. The van der Waals surface area contributed by atoms with Gasteiger partial charge in [0.2, 0.25) is 0 Å². The molecular formula is C17H24N2O5. The summed E-state index contributed by atoms with van der Waals surface area (Å²) in [5.74, 6) is 1.05. The molecule has 132 valence electrons. The predicted octanol–water partition coefficient (Wildman–Crippen LogP) is 3.13. The summed E-state index contributed by atoms with van der Waals surface area (Å²) >= 11 is 0. The molecule has 7 heteroatoms. The molecule has 0 spiro atoms. The zero-order valence-electron chi connectivity index (χ0n) is 13.8. The Balaban J connectivity index is 1.28. The second kappa shape index (κ2) is 6.26. The van der Waals surface area contributed by atoms with Crippen molar-refractivity contribution in [2.24, 2.45) is 11.8 Å². The summed E-state index contributed by atoms with van der Waals surface area (Å²) in [5.41, 5.74) is 0. The average molecular weight is 336 g/mol. The molecule has 2 amide bonds. The number of fused-ring (bicyclic) bond motifs is 2. The molecule has 0 aromatic rings. The summed E-state index contributed by atoms with van der Waals surface area (Å²) in [4.78, 5) is 39.4. The van der Waals surface area contributed by atoms with Crippen molar-refractivity contribution in [2.45, 2.75) is 63.5 Å². The number of amides is 2. The SMILES string of the molecule is O=C(OC(=O)N1CCC2CCCC21)OC(=O)N1CCC2CCCC21. The maximum atomic E-state index is 12.2. The minimum Gasteiger partial charge on any atom is -0.343 e. The second-order valence-electron chi connectivity index (χ2n) is 7.47. The molecule has 4 unspecified atom stereocenters. The summed E-state index contributed by atoms with van der Waals surface area (Å²) in [6.07, 6.45) is 5.78. The van der Waals surface area contributed by atoms with Gasteiger partial charge < -0.3 is 19.3 Å². The lowest BCUT2D eigenvalue weighted by atomic mass is 10.1. The number of ether oxygens (including phenoxy) is 2. The fourth-order valence-corrected chi connectivity index (χ4v) is 5.20. The first-order valence-corrected chi connectivity index (χ1v) is 9.14. The third-order valence-corrected chi connectivity index (χ3v) is 6.33. The molecule has 0 aromatic heterocycles. The van der Waals surface area contributed by atoms with Crippen molar-refractivity contribution in [3.8, 4) is 0 Å². The number of nitrogens with zero attached hydrogens (tertiary/aromatic N) is 2. The zero-order chi connectivity index (χ0) is 16.7. The van der Waals surface area contributed by atoms with Crippen LogP contribution in [0.25, 0.3) is 0 Å². The molecule has 24 heavy (non-hydrogen) atoms. The van der Waals surface area contributed by atoms with E-state index in [0.717, 1.165) is 51.4 Å². The lowest BCUT2D eigenvalue weighted by Gasteiger charge is -2.23. The number of carbonyl (C=O) groups is 3. The van der Waals surface area contributed by atoms with E-state index in [1.54, 1.807) is 9.80 Å². The maximum absolute atomic E-state index is 12.2. The Hall–Kier alpha value is -1.79. The molecule has 2 saturated carbocycles. The van der Waals surface area contributed by atoms with Crippen molar-refractivity contribution in [2.75, 3.05) is 13.1 Å². The third-order valence-electron chi connectivity index (χ3n) is 6.33. The Bertz CT molecular complexity index is 505. The Morgan fingerprint density at radius 2 is 1.12 bits per heavy atom. The van der Waals surface area contributed by atoms with Gasteiger partial charge in [-0.2, -0.15) is 0 Å². The smallest absolute Gasteiger partial charge is 0.343 e. The Labute approximate surface area is 141 Å². The predicted molar refractivity (Wildman–Crippen MR) is 83.3 cm³/mol. The molecule has 2 saturated heterocycles. The molecule has 0 radical (unpaired) electrons. The highest BCUT2D eigenvalue weighted by molar-refractivity contribution is 5.87. The van der Waals surface area contributed by atoms with Gasteiger partial charge in [0.05, 0.1) is 0 Å². The average Bonchev–Trinajstić information content (AvgIpc) is 3.27. The lowest BCUT2D eigenvalue weighted by Crippen LogP contribution is -2.40. The van der Waals surface area contributed by atoms with Gasteiger partial charge in [0.15, 0.2) is 0 Å². The molecule has 2 heterocycles. The minimum absolute atomic E-state index is 0.179. The Kier molecular flexibility index (Phi) is 4.10. The van der Waals surface area contributed by atoms with E-state index in [4.69, 9.17) is 9.47 Å². The van der Waals surface area contributed by atoms with E-state index >= 15 is 0 Å². The highest BCUT2D eigenvalue weighted by Gasteiger charge is 2.43. The van der Waals surface area contributed by atoms with Gasteiger partial charge in [0.1, 0.15) is 0 Å². The van der Waals surface area contributed by atoms with Crippen LogP contribution in [0.1, 0.15) is 51.4 Å². The fraction of sp³-hybridized carbons (Fsp3) is 0.824. The Morgan fingerprint density at radius 3 is 1.58 bits per heavy atom. The largest absolute Gasteiger partial charge is 0.526 e. The molecule has 4 atom stereocenters. The van der Waals surface area contributed by atoms with E-state index in [2.05, 4.69) is 0 Å². The van der Waals surface area contributed by atoms with Crippen LogP contribution >= 0.6 is 0 Å². The Morgan fingerprint density at radius 1 is 0.667 bits per heavy atom. The van der Waals surface area contributed by atoms with Crippen LogP contribution in [0.4, 0.5) is 14.4 Å². The van der Waals surface area contributed by atoms with Crippen LogP contribution < -0.4 is 0 Å². The number of hydrogen-bond donors (Lipinski definition) is 0. The third kappa shape index (κ3) is 2.74. The molecule has 7 nitrogen and oxygen atoms in total. The minimum atomic E-state index is -1.20. The van der Waals surface area contributed by atoms with Gasteiger partial charge in [0.25, 0.3) is 0 Å². The quantitative estimate of drug-likeness (QED) is 0.502. The molecule has 0 bridgehead atoms. The highest BCUT2D eigenvalue weighted by atomic mass is 16.8. The maximum Gasteiger partial charge on any atom is 0.526 e. The molecule has 2 aliphatic heterocycles. The van der Waals surface area contributed by atoms with Crippen LogP contribution in [-0.2, 0) is 9.47 Å². The second-order valence-corrected chi connectivity index (χ2v) is 7.47. The van der Waals surface area contributed by atoms with Crippen LogP contribution in [0.2, 0.25) is 0 Å². The normalized spacial score (nSPS) is 34.2. The standard InChI is InChI=1S/C17H24N2O5/c20-15(18-9-7-11-3-1-5-13(11)18)23-17(22)24-16(21)19-10-8-12-4-2-6-14(12)19/h11-14H,1-10H2. The van der Waals surface area contributed by atoms with Gasteiger partial charge in [-0.25, -0.2) is 14.4 Å². The van der Waals surface area contributed by atoms with Gasteiger partial charge >= 0.3 is 18.3 Å². The number of rotatable bonds is 0. The van der Waals surface area contributed by atoms with Crippen LogP contribution in [-0.4, -0.2) is 53.3 Å². The summed E-state index contributed by atoms with van der Waals surface area (Å²) in [7, 11) is 0. The van der Waals surface area contributed by atoms with Crippen molar-refractivity contribution in [1.82, 2.24) is 9.80 Å². The first-order valence-electron chi connectivity index (χ1n) is 9.14. The van der Waals surface area contributed by atoms with Crippen LogP contribution in [0.3, 0.4) is 0 Å². The van der Waals surface area contributed by atoms with E-state index in [9.17, 15) is 14.4 Å². The number of hydrogen-bond acceptors (Lipinski definition) is 5. The summed E-state index contributed by atoms with van der Waals surface area (Å²) in [6, 6.07) is 0.359. The fourth-order valence-electron chi connectivity index (χ4n) is 5.20. The van der Waals surface area contributed by atoms with Gasteiger partial charge in [-0.05, 0) is 50.4 Å². The molecule has 2 aliphatic carbocycles. The molecule has 0 N–H and O–H groups in total. The van der Waals surface area contributed by atoms with E-state index in [1.165, 1.54) is 0 Å². The van der Waals surface area contributed by atoms with Crippen molar-refractivity contribution in [1.29, 1.82) is 0 Å². The summed E-state index contributed by atoms with van der Waals surface area (Å²) < 4.78 is 9.52. The summed E-state index contributed by atoms with van der Waals surface area (Å²) in [5, 5.41) is 0. The van der Waals surface area contributed by atoms with Gasteiger partial charge in [-0.3, -0.25) is 0 Å². The molecule has 4 rings (SSSR count). The van der Waals surface area contributed by atoms with Crippen LogP contribution in [0, 0.1) is 11.8 Å². The van der Waals surface area contributed by atoms with Gasteiger partial charge in [-0.1, -0.05) is 12.8 Å². The van der Waals surface area contributed by atoms with Gasteiger partial charge in [-0.15, -0.1) is 0 Å².